The number of nitrogens with one attached hydrogen (secondary N) is 1. The molecule has 0 fully saturated rings. The van der Waals surface area contributed by atoms with Gasteiger partial charge in [0, 0.05) is 12.1 Å². The van der Waals surface area contributed by atoms with Crippen LogP contribution in [0.1, 0.15) is 56.4 Å². The van der Waals surface area contributed by atoms with Crippen molar-refractivity contribution < 1.29 is 19.1 Å². The molecule has 0 aromatic heterocycles. The first kappa shape index (κ1) is 26.2. The zero-order valence-corrected chi connectivity index (χ0v) is 21.2. The lowest BCUT2D eigenvalue weighted by molar-refractivity contribution is -0.143. The van der Waals surface area contributed by atoms with Gasteiger partial charge in [0.2, 0.25) is 5.91 Å². The maximum absolute atomic E-state index is 13.4. The zero-order valence-electron chi connectivity index (χ0n) is 21.2. The summed E-state index contributed by atoms with van der Waals surface area (Å²) < 4.78 is 11.2. The summed E-state index contributed by atoms with van der Waals surface area (Å²) in [6, 6.07) is 10.9. The lowest BCUT2D eigenvalue weighted by Gasteiger charge is -2.33. The van der Waals surface area contributed by atoms with Crippen molar-refractivity contribution >= 4 is 11.8 Å². The van der Waals surface area contributed by atoms with Crippen LogP contribution in [-0.4, -0.2) is 42.0 Å². The largest absolute Gasteiger partial charge is 0.497 e. The van der Waals surface area contributed by atoms with E-state index in [0.717, 1.165) is 28.0 Å². The fourth-order valence-corrected chi connectivity index (χ4v) is 3.67. The smallest absolute Gasteiger partial charge is 0.261 e. The standard InChI is InChI=1S/C27H38N2O4/c1-9-23(26(31)28-27(5,6)7)29(16-21-10-12-22(32-8)13-11-21)25(30)17-33-24-15-18(2)14-19(3)20(24)4/h10-15,23H,9,16-17H2,1-8H3,(H,28,31). The van der Waals surface area contributed by atoms with Crippen LogP contribution in [0.4, 0.5) is 0 Å². The van der Waals surface area contributed by atoms with Crippen molar-refractivity contribution in [3.8, 4) is 11.5 Å². The third kappa shape index (κ3) is 7.52. The Balaban J connectivity index is 2.29. The zero-order chi connectivity index (χ0) is 24.8. The van der Waals surface area contributed by atoms with Crippen molar-refractivity contribution in [2.24, 2.45) is 0 Å². The normalized spacial score (nSPS) is 12.1. The van der Waals surface area contributed by atoms with Crippen LogP contribution in [0.25, 0.3) is 0 Å². The Morgan fingerprint density at radius 2 is 1.70 bits per heavy atom. The van der Waals surface area contributed by atoms with Crippen LogP contribution in [0.3, 0.4) is 0 Å². The van der Waals surface area contributed by atoms with Gasteiger partial charge in [-0.2, -0.15) is 0 Å². The molecule has 1 N–H and O–H groups in total. The lowest BCUT2D eigenvalue weighted by Crippen LogP contribution is -2.54. The number of carbonyl (C=O) groups excluding carboxylic acids is 2. The molecule has 0 saturated heterocycles. The van der Waals surface area contributed by atoms with Gasteiger partial charge in [0.25, 0.3) is 5.91 Å². The summed E-state index contributed by atoms with van der Waals surface area (Å²) >= 11 is 0. The van der Waals surface area contributed by atoms with Crippen molar-refractivity contribution in [2.45, 2.75) is 73.0 Å². The monoisotopic (exact) mass is 454 g/mol. The molecule has 2 aromatic carbocycles. The van der Waals surface area contributed by atoms with E-state index in [-0.39, 0.29) is 18.4 Å². The highest BCUT2D eigenvalue weighted by atomic mass is 16.5. The predicted molar refractivity (Wildman–Crippen MR) is 132 cm³/mol. The molecule has 0 aliphatic carbocycles. The highest BCUT2D eigenvalue weighted by molar-refractivity contribution is 5.88. The van der Waals surface area contributed by atoms with Gasteiger partial charge < -0.3 is 19.7 Å². The average molecular weight is 455 g/mol. The molecule has 6 heteroatoms. The molecule has 0 aliphatic rings. The molecule has 1 unspecified atom stereocenters. The van der Waals surface area contributed by atoms with Gasteiger partial charge in [-0.15, -0.1) is 0 Å². The highest BCUT2D eigenvalue weighted by Crippen LogP contribution is 2.24. The van der Waals surface area contributed by atoms with Crippen molar-refractivity contribution in [1.82, 2.24) is 10.2 Å². The number of amides is 2. The highest BCUT2D eigenvalue weighted by Gasteiger charge is 2.31. The molecular weight excluding hydrogens is 416 g/mol. The number of hydrogen-bond donors (Lipinski definition) is 1. The topological polar surface area (TPSA) is 67.9 Å². The minimum atomic E-state index is -0.609. The van der Waals surface area contributed by atoms with Crippen LogP contribution in [0.2, 0.25) is 0 Å². The number of rotatable bonds is 9. The molecule has 180 valence electrons. The van der Waals surface area contributed by atoms with E-state index in [9.17, 15) is 9.59 Å². The van der Waals surface area contributed by atoms with Gasteiger partial charge >= 0.3 is 0 Å². The maximum atomic E-state index is 13.4. The van der Waals surface area contributed by atoms with Gasteiger partial charge in [-0.05, 0) is 88.4 Å². The summed E-state index contributed by atoms with van der Waals surface area (Å²) in [5.41, 5.74) is 3.71. The fourth-order valence-electron chi connectivity index (χ4n) is 3.67. The molecule has 33 heavy (non-hydrogen) atoms. The van der Waals surface area contributed by atoms with Crippen LogP contribution in [0, 0.1) is 20.8 Å². The summed E-state index contributed by atoms with van der Waals surface area (Å²) in [6.45, 7) is 13.9. The molecule has 6 nitrogen and oxygen atoms in total. The quantitative estimate of drug-likeness (QED) is 0.595. The van der Waals surface area contributed by atoms with E-state index in [1.54, 1.807) is 12.0 Å². The molecule has 0 aliphatic heterocycles. The molecule has 0 radical (unpaired) electrons. The number of methoxy groups -OCH3 is 1. The SMILES string of the molecule is CCC(C(=O)NC(C)(C)C)N(Cc1ccc(OC)cc1)C(=O)COc1cc(C)cc(C)c1C. The van der Waals surface area contributed by atoms with Gasteiger partial charge in [-0.3, -0.25) is 9.59 Å². The third-order valence-electron chi connectivity index (χ3n) is 5.51. The first-order valence-electron chi connectivity index (χ1n) is 11.4. The van der Waals surface area contributed by atoms with Crippen molar-refractivity contribution in [3.05, 3.63) is 58.7 Å². The molecule has 0 spiro atoms. The van der Waals surface area contributed by atoms with E-state index in [4.69, 9.17) is 9.47 Å². The first-order valence-corrected chi connectivity index (χ1v) is 11.4. The predicted octanol–water partition coefficient (Wildman–Crippen LogP) is 4.72. The number of carbonyl (C=O) groups is 2. The van der Waals surface area contributed by atoms with E-state index in [0.29, 0.717) is 18.7 Å². The Bertz CT molecular complexity index is 961. The van der Waals surface area contributed by atoms with E-state index in [1.807, 2.05) is 78.8 Å². The Morgan fingerprint density at radius 1 is 1.06 bits per heavy atom. The van der Waals surface area contributed by atoms with Crippen LogP contribution in [-0.2, 0) is 16.1 Å². The third-order valence-corrected chi connectivity index (χ3v) is 5.51. The van der Waals surface area contributed by atoms with Gasteiger partial charge in [-0.1, -0.05) is 25.1 Å². The lowest BCUT2D eigenvalue weighted by atomic mass is 10.1. The van der Waals surface area contributed by atoms with Crippen molar-refractivity contribution in [2.75, 3.05) is 13.7 Å². The summed E-state index contributed by atoms with van der Waals surface area (Å²) in [7, 11) is 1.61. The second kappa shape index (κ2) is 11.2. The van der Waals surface area contributed by atoms with Crippen LogP contribution in [0.5, 0.6) is 11.5 Å². The van der Waals surface area contributed by atoms with E-state index in [1.165, 1.54) is 0 Å². The number of benzene rings is 2. The molecular formula is C27H38N2O4. The van der Waals surface area contributed by atoms with Crippen LogP contribution < -0.4 is 14.8 Å². The minimum absolute atomic E-state index is 0.140. The molecule has 0 saturated carbocycles. The Labute approximate surface area is 198 Å². The van der Waals surface area contributed by atoms with Gasteiger partial charge in [0.1, 0.15) is 17.5 Å². The van der Waals surface area contributed by atoms with Gasteiger partial charge in [-0.25, -0.2) is 0 Å². The summed E-state index contributed by atoms with van der Waals surface area (Å²) in [4.78, 5) is 28.1. The molecule has 0 heterocycles. The molecule has 1 atom stereocenters. The van der Waals surface area contributed by atoms with Crippen molar-refractivity contribution in [1.29, 1.82) is 0 Å². The number of ether oxygens (including phenoxy) is 2. The Kier molecular flexibility index (Phi) is 8.91. The Hall–Kier alpha value is -3.02. The maximum Gasteiger partial charge on any atom is 0.261 e. The van der Waals surface area contributed by atoms with Crippen LogP contribution >= 0.6 is 0 Å². The van der Waals surface area contributed by atoms with E-state index < -0.39 is 11.6 Å². The summed E-state index contributed by atoms with van der Waals surface area (Å²) in [5, 5.41) is 3.01. The first-order chi connectivity index (χ1) is 15.4. The van der Waals surface area contributed by atoms with Gasteiger partial charge in [0.15, 0.2) is 6.61 Å². The van der Waals surface area contributed by atoms with Crippen molar-refractivity contribution in [3.63, 3.8) is 0 Å². The fraction of sp³-hybridized carbons (Fsp3) is 0.481. The second-order valence-corrected chi connectivity index (χ2v) is 9.53. The number of nitrogens with zero attached hydrogens (tertiary/aromatic N) is 1. The molecule has 2 aromatic rings. The second-order valence-electron chi connectivity index (χ2n) is 9.53. The van der Waals surface area contributed by atoms with E-state index >= 15 is 0 Å². The number of hydrogen-bond acceptors (Lipinski definition) is 4. The Morgan fingerprint density at radius 3 is 2.24 bits per heavy atom. The molecule has 2 rings (SSSR count). The van der Waals surface area contributed by atoms with Crippen LogP contribution in [0.15, 0.2) is 36.4 Å². The van der Waals surface area contributed by atoms with Gasteiger partial charge in [0.05, 0.1) is 7.11 Å². The summed E-state index contributed by atoms with van der Waals surface area (Å²) in [5.74, 6) is 1.02. The summed E-state index contributed by atoms with van der Waals surface area (Å²) in [6.07, 6.45) is 0.492. The minimum Gasteiger partial charge on any atom is -0.497 e. The average Bonchev–Trinajstić information content (AvgIpc) is 2.74. The van der Waals surface area contributed by atoms with E-state index in [2.05, 4.69) is 11.4 Å². The molecule has 0 bridgehead atoms. The molecule has 2 amide bonds. The number of aryl methyl sites for hydroxylation is 2.